The third kappa shape index (κ3) is 2.32. The highest BCUT2D eigenvalue weighted by molar-refractivity contribution is 5.43. The Morgan fingerprint density at radius 3 is 2.53 bits per heavy atom. The standard InChI is InChI=1S/C15H23NO/c1-11(2)13-10-12(4-5-14(13)17-3)15(6-7-15)8-9-16/h4-5,10-11H,6-9,16H2,1-3H3. The second-order valence-corrected chi connectivity index (χ2v) is 5.43. The molecule has 0 amide bonds. The van der Waals surface area contributed by atoms with Crippen molar-refractivity contribution in [2.75, 3.05) is 13.7 Å². The molecule has 94 valence electrons. The first-order valence-corrected chi connectivity index (χ1v) is 6.51. The SMILES string of the molecule is COc1ccc(C2(CCN)CC2)cc1C(C)C. The summed E-state index contributed by atoms with van der Waals surface area (Å²) >= 11 is 0. The molecule has 0 bridgehead atoms. The number of nitrogens with two attached hydrogens (primary N) is 1. The molecule has 2 rings (SSSR count). The molecule has 2 N–H and O–H groups in total. The van der Waals surface area contributed by atoms with E-state index in [0.717, 1.165) is 18.7 Å². The van der Waals surface area contributed by atoms with Gasteiger partial charge >= 0.3 is 0 Å². The minimum absolute atomic E-state index is 0.380. The molecule has 0 atom stereocenters. The smallest absolute Gasteiger partial charge is 0.122 e. The Labute approximate surface area is 104 Å². The van der Waals surface area contributed by atoms with Gasteiger partial charge in [0, 0.05) is 0 Å². The fourth-order valence-corrected chi connectivity index (χ4v) is 2.63. The lowest BCUT2D eigenvalue weighted by molar-refractivity contribution is 0.407. The molecule has 0 aliphatic heterocycles. The van der Waals surface area contributed by atoms with E-state index in [1.54, 1.807) is 7.11 Å². The van der Waals surface area contributed by atoms with Crippen LogP contribution in [0.5, 0.6) is 5.75 Å². The maximum atomic E-state index is 5.72. The van der Waals surface area contributed by atoms with Crippen LogP contribution in [0, 0.1) is 0 Å². The zero-order valence-electron chi connectivity index (χ0n) is 11.1. The summed E-state index contributed by atoms with van der Waals surface area (Å²) in [5.41, 5.74) is 8.87. The van der Waals surface area contributed by atoms with Gasteiger partial charge in [0.15, 0.2) is 0 Å². The van der Waals surface area contributed by atoms with E-state index in [1.807, 2.05) is 0 Å². The van der Waals surface area contributed by atoms with Gasteiger partial charge in [0.2, 0.25) is 0 Å². The minimum Gasteiger partial charge on any atom is -0.496 e. The maximum Gasteiger partial charge on any atom is 0.122 e. The van der Waals surface area contributed by atoms with E-state index < -0.39 is 0 Å². The lowest BCUT2D eigenvalue weighted by Gasteiger charge is -2.19. The third-order valence-electron chi connectivity index (χ3n) is 3.94. The lowest BCUT2D eigenvalue weighted by Crippen LogP contribution is -2.14. The summed E-state index contributed by atoms with van der Waals surface area (Å²) in [4.78, 5) is 0. The second kappa shape index (κ2) is 4.69. The normalized spacial score (nSPS) is 17.2. The van der Waals surface area contributed by atoms with E-state index in [0.29, 0.717) is 11.3 Å². The average Bonchev–Trinajstić information content (AvgIpc) is 3.09. The fraction of sp³-hybridized carbons (Fsp3) is 0.600. The van der Waals surface area contributed by atoms with Crippen LogP contribution in [0.2, 0.25) is 0 Å². The van der Waals surface area contributed by atoms with Gasteiger partial charge in [-0.25, -0.2) is 0 Å². The number of hydrogen-bond acceptors (Lipinski definition) is 2. The van der Waals surface area contributed by atoms with E-state index in [2.05, 4.69) is 32.0 Å². The van der Waals surface area contributed by atoms with Crippen LogP contribution < -0.4 is 10.5 Å². The molecule has 1 saturated carbocycles. The summed E-state index contributed by atoms with van der Waals surface area (Å²) in [6.07, 6.45) is 3.68. The quantitative estimate of drug-likeness (QED) is 0.847. The highest BCUT2D eigenvalue weighted by Crippen LogP contribution is 2.51. The van der Waals surface area contributed by atoms with Crippen LogP contribution in [0.3, 0.4) is 0 Å². The van der Waals surface area contributed by atoms with Crippen molar-refractivity contribution in [1.82, 2.24) is 0 Å². The summed E-state index contributed by atoms with van der Waals surface area (Å²) < 4.78 is 5.43. The van der Waals surface area contributed by atoms with Crippen molar-refractivity contribution < 1.29 is 4.74 Å². The third-order valence-corrected chi connectivity index (χ3v) is 3.94. The number of hydrogen-bond donors (Lipinski definition) is 1. The van der Waals surface area contributed by atoms with Crippen molar-refractivity contribution in [3.05, 3.63) is 29.3 Å². The first kappa shape index (κ1) is 12.4. The van der Waals surface area contributed by atoms with Crippen LogP contribution in [-0.4, -0.2) is 13.7 Å². The van der Waals surface area contributed by atoms with E-state index in [9.17, 15) is 0 Å². The van der Waals surface area contributed by atoms with Crippen molar-refractivity contribution in [1.29, 1.82) is 0 Å². The monoisotopic (exact) mass is 233 g/mol. The van der Waals surface area contributed by atoms with Gasteiger partial charge < -0.3 is 10.5 Å². The van der Waals surface area contributed by atoms with Crippen molar-refractivity contribution in [2.24, 2.45) is 5.73 Å². The summed E-state index contributed by atoms with van der Waals surface area (Å²) in [6, 6.07) is 6.65. The number of rotatable bonds is 5. The Bertz CT molecular complexity index is 394. The van der Waals surface area contributed by atoms with Crippen molar-refractivity contribution in [3.8, 4) is 5.75 Å². The molecule has 1 aliphatic rings. The average molecular weight is 233 g/mol. The highest BCUT2D eigenvalue weighted by Gasteiger charge is 2.43. The summed E-state index contributed by atoms with van der Waals surface area (Å²) in [5, 5.41) is 0. The zero-order valence-corrected chi connectivity index (χ0v) is 11.1. The van der Waals surface area contributed by atoms with Gasteiger partial charge in [-0.1, -0.05) is 26.0 Å². The largest absolute Gasteiger partial charge is 0.496 e. The minimum atomic E-state index is 0.380. The van der Waals surface area contributed by atoms with Gasteiger partial charge in [-0.05, 0) is 54.3 Å². The Kier molecular flexibility index (Phi) is 3.43. The molecule has 1 aromatic rings. The van der Waals surface area contributed by atoms with E-state index in [1.165, 1.54) is 24.0 Å². The van der Waals surface area contributed by atoms with Crippen LogP contribution in [0.1, 0.15) is 50.2 Å². The highest BCUT2D eigenvalue weighted by atomic mass is 16.5. The van der Waals surface area contributed by atoms with Crippen molar-refractivity contribution >= 4 is 0 Å². The van der Waals surface area contributed by atoms with Crippen LogP contribution in [0.25, 0.3) is 0 Å². The van der Waals surface area contributed by atoms with Crippen LogP contribution >= 0.6 is 0 Å². The van der Waals surface area contributed by atoms with Crippen LogP contribution in [0.4, 0.5) is 0 Å². The van der Waals surface area contributed by atoms with Crippen molar-refractivity contribution in [3.63, 3.8) is 0 Å². The first-order valence-electron chi connectivity index (χ1n) is 6.51. The molecule has 1 fully saturated rings. The molecule has 2 heteroatoms. The topological polar surface area (TPSA) is 35.2 Å². The Morgan fingerprint density at radius 1 is 1.35 bits per heavy atom. The second-order valence-electron chi connectivity index (χ2n) is 5.43. The van der Waals surface area contributed by atoms with Crippen LogP contribution in [0.15, 0.2) is 18.2 Å². The van der Waals surface area contributed by atoms with E-state index in [4.69, 9.17) is 10.5 Å². The number of methoxy groups -OCH3 is 1. The Hall–Kier alpha value is -1.02. The lowest BCUT2D eigenvalue weighted by atomic mass is 9.89. The molecule has 17 heavy (non-hydrogen) atoms. The molecule has 0 saturated heterocycles. The Morgan fingerprint density at radius 2 is 2.06 bits per heavy atom. The van der Waals surface area contributed by atoms with Gasteiger partial charge in [0.25, 0.3) is 0 Å². The summed E-state index contributed by atoms with van der Waals surface area (Å²) in [5.74, 6) is 1.51. The zero-order chi connectivity index (χ0) is 12.5. The molecule has 1 aromatic carbocycles. The predicted molar refractivity (Wildman–Crippen MR) is 71.7 cm³/mol. The van der Waals surface area contributed by atoms with Gasteiger partial charge in [0.1, 0.15) is 5.75 Å². The number of benzene rings is 1. The van der Waals surface area contributed by atoms with E-state index >= 15 is 0 Å². The molecule has 0 heterocycles. The first-order chi connectivity index (χ1) is 8.13. The van der Waals surface area contributed by atoms with Crippen LogP contribution in [-0.2, 0) is 5.41 Å². The fourth-order valence-electron chi connectivity index (χ4n) is 2.63. The number of ether oxygens (including phenoxy) is 1. The van der Waals surface area contributed by atoms with Gasteiger partial charge in [-0.15, -0.1) is 0 Å². The van der Waals surface area contributed by atoms with Gasteiger partial charge in [-0.3, -0.25) is 0 Å². The predicted octanol–water partition coefficient (Wildman–Crippen LogP) is 3.20. The summed E-state index contributed by atoms with van der Waals surface area (Å²) in [7, 11) is 1.74. The molecule has 0 spiro atoms. The maximum absolute atomic E-state index is 5.72. The van der Waals surface area contributed by atoms with E-state index in [-0.39, 0.29) is 0 Å². The Balaban J connectivity index is 2.34. The van der Waals surface area contributed by atoms with Gasteiger partial charge in [-0.2, -0.15) is 0 Å². The molecular formula is C15H23NO. The molecule has 0 unspecified atom stereocenters. The van der Waals surface area contributed by atoms with Gasteiger partial charge in [0.05, 0.1) is 7.11 Å². The summed E-state index contributed by atoms with van der Waals surface area (Å²) in [6.45, 7) is 5.21. The van der Waals surface area contributed by atoms with Crippen molar-refractivity contribution in [2.45, 2.75) is 44.4 Å². The molecule has 2 nitrogen and oxygen atoms in total. The molecule has 0 radical (unpaired) electrons. The molecule has 1 aliphatic carbocycles. The molecular weight excluding hydrogens is 210 g/mol. The molecule has 0 aromatic heterocycles.